The zero-order valence-corrected chi connectivity index (χ0v) is 11.5. The molecule has 86 valence electrons. The number of hydrogen-bond acceptors (Lipinski definition) is 1. The van der Waals surface area contributed by atoms with Gasteiger partial charge in [-0.15, -0.1) is 0 Å². The first-order valence-electron chi connectivity index (χ1n) is 4.84. The van der Waals surface area contributed by atoms with Gasteiger partial charge in [0.05, 0.1) is 5.02 Å². The molecular formula is C13H7ClFIO. The van der Waals surface area contributed by atoms with Crippen LogP contribution in [0.15, 0.2) is 42.5 Å². The van der Waals surface area contributed by atoms with Crippen molar-refractivity contribution in [2.24, 2.45) is 0 Å². The van der Waals surface area contributed by atoms with E-state index in [1.807, 2.05) is 12.1 Å². The summed E-state index contributed by atoms with van der Waals surface area (Å²) in [7, 11) is 0. The number of benzene rings is 2. The molecule has 0 aliphatic heterocycles. The summed E-state index contributed by atoms with van der Waals surface area (Å²) in [5, 5.41) is -0.0400. The number of carbonyl (C=O) groups excluding carboxylic acids is 1. The first-order chi connectivity index (χ1) is 8.09. The summed E-state index contributed by atoms with van der Waals surface area (Å²) in [5.41, 5.74) is 0.983. The van der Waals surface area contributed by atoms with Gasteiger partial charge in [-0.1, -0.05) is 23.7 Å². The molecule has 0 radical (unpaired) electrons. The van der Waals surface area contributed by atoms with E-state index in [0.717, 1.165) is 3.57 Å². The van der Waals surface area contributed by atoms with Crippen molar-refractivity contribution in [3.8, 4) is 0 Å². The highest BCUT2D eigenvalue weighted by Crippen LogP contribution is 2.20. The Kier molecular flexibility index (Phi) is 3.79. The highest BCUT2D eigenvalue weighted by atomic mass is 127. The van der Waals surface area contributed by atoms with E-state index < -0.39 is 5.82 Å². The third kappa shape index (κ3) is 2.66. The van der Waals surface area contributed by atoms with E-state index in [9.17, 15) is 9.18 Å². The molecule has 4 heteroatoms. The lowest BCUT2D eigenvalue weighted by Crippen LogP contribution is -2.03. The van der Waals surface area contributed by atoms with Crippen LogP contribution in [0.2, 0.25) is 5.02 Å². The fraction of sp³-hybridized carbons (Fsp3) is 0. The largest absolute Gasteiger partial charge is 0.289 e. The van der Waals surface area contributed by atoms with Crippen molar-refractivity contribution < 1.29 is 9.18 Å². The Morgan fingerprint density at radius 2 is 1.88 bits per heavy atom. The standard InChI is InChI=1S/C13H7ClFIO/c14-10-7-8(5-6-11(10)15)13(17)9-3-1-2-4-12(9)16/h1-7H. The lowest BCUT2D eigenvalue weighted by atomic mass is 10.0. The van der Waals surface area contributed by atoms with Crippen LogP contribution < -0.4 is 0 Å². The van der Waals surface area contributed by atoms with Crippen LogP contribution in [-0.2, 0) is 0 Å². The van der Waals surface area contributed by atoms with Crippen molar-refractivity contribution in [1.29, 1.82) is 0 Å². The van der Waals surface area contributed by atoms with Gasteiger partial charge in [0, 0.05) is 14.7 Å². The van der Waals surface area contributed by atoms with E-state index in [1.165, 1.54) is 18.2 Å². The molecule has 0 N–H and O–H groups in total. The highest BCUT2D eigenvalue weighted by Gasteiger charge is 2.13. The molecular weight excluding hydrogens is 353 g/mol. The van der Waals surface area contributed by atoms with Crippen LogP contribution in [-0.4, -0.2) is 5.78 Å². The van der Waals surface area contributed by atoms with Gasteiger partial charge in [-0.3, -0.25) is 4.79 Å². The summed E-state index contributed by atoms with van der Waals surface area (Å²) < 4.78 is 13.9. The Hall–Kier alpha value is -0.940. The van der Waals surface area contributed by atoms with Crippen LogP contribution in [0.3, 0.4) is 0 Å². The normalized spacial score (nSPS) is 10.3. The van der Waals surface area contributed by atoms with Crippen molar-refractivity contribution in [1.82, 2.24) is 0 Å². The van der Waals surface area contributed by atoms with Gasteiger partial charge in [-0.25, -0.2) is 4.39 Å². The molecule has 0 bridgehead atoms. The minimum absolute atomic E-state index is 0.0400. The minimum atomic E-state index is -0.522. The van der Waals surface area contributed by atoms with E-state index >= 15 is 0 Å². The molecule has 0 atom stereocenters. The summed E-state index contributed by atoms with van der Waals surface area (Å²) in [6, 6.07) is 11.2. The lowest BCUT2D eigenvalue weighted by molar-refractivity contribution is 0.103. The Morgan fingerprint density at radius 3 is 2.53 bits per heavy atom. The lowest BCUT2D eigenvalue weighted by Gasteiger charge is -2.04. The van der Waals surface area contributed by atoms with E-state index in [-0.39, 0.29) is 10.8 Å². The third-order valence-electron chi connectivity index (χ3n) is 2.30. The van der Waals surface area contributed by atoms with Crippen LogP contribution >= 0.6 is 34.2 Å². The Morgan fingerprint density at radius 1 is 1.18 bits per heavy atom. The average molecular weight is 361 g/mol. The molecule has 2 aromatic rings. The molecule has 0 heterocycles. The molecule has 0 saturated heterocycles. The first-order valence-corrected chi connectivity index (χ1v) is 6.29. The van der Waals surface area contributed by atoms with Crippen molar-refractivity contribution in [3.05, 3.63) is 68.0 Å². The van der Waals surface area contributed by atoms with Crippen molar-refractivity contribution in [3.63, 3.8) is 0 Å². The summed E-state index contributed by atoms with van der Waals surface area (Å²) in [6.07, 6.45) is 0. The number of halogens is 3. The molecule has 2 aromatic carbocycles. The molecule has 0 amide bonds. The number of ketones is 1. The summed E-state index contributed by atoms with van der Waals surface area (Å²) in [5.74, 6) is -0.678. The van der Waals surface area contributed by atoms with Crippen LogP contribution in [0.4, 0.5) is 4.39 Å². The maximum atomic E-state index is 13.0. The fourth-order valence-corrected chi connectivity index (χ4v) is 2.25. The van der Waals surface area contributed by atoms with Crippen molar-refractivity contribution in [2.45, 2.75) is 0 Å². The fourth-order valence-electron chi connectivity index (χ4n) is 1.44. The summed E-state index contributed by atoms with van der Waals surface area (Å²) in [6.45, 7) is 0. The molecule has 0 aliphatic carbocycles. The second kappa shape index (κ2) is 5.14. The molecule has 1 nitrogen and oxygen atoms in total. The maximum Gasteiger partial charge on any atom is 0.194 e. The van der Waals surface area contributed by atoms with Gasteiger partial charge >= 0.3 is 0 Å². The smallest absolute Gasteiger partial charge is 0.194 e. The van der Waals surface area contributed by atoms with Gasteiger partial charge in [0.1, 0.15) is 5.82 Å². The molecule has 0 unspecified atom stereocenters. The molecule has 0 aliphatic rings. The van der Waals surface area contributed by atoms with Gasteiger partial charge in [0.25, 0.3) is 0 Å². The molecule has 17 heavy (non-hydrogen) atoms. The zero-order valence-electron chi connectivity index (χ0n) is 8.58. The van der Waals surface area contributed by atoms with Crippen LogP contribution in [0, 0.1) is 9.39 Å². The molecule has 0 saturated carbocycles. The second-order valence-electron chi connectivity index (χ2n) is 3.44. The van der Waals surface area contributed by atoms with Gasteiger partial charge < -0.3 is 0 Å². The van der Waals surface area contributed by atoms with Gasteiger partial charge in [0.2, 0.25) is 0 Å². The van der Waals surface area contributed by atoms with Gasteiger partial charge in [-0.2, -0.15) is 0 Å². The Labute approximate surface area is 117 Å². The third-order valence-corrected chi connectivity index (χ3v) is 3.53. The van der Waals surface area contributed by atoms with Crippen LogP contribution in [0.5, 0.6) is 0 Å². The maximum absolute atomic E-state index is 13.0. The van der Waals surface area contributed by atoms with E-state index in [4.69, 9.17) is 11.6 Å². The summed E-state index contributed by atoms with van der Waals surface area (Å²) in [4.78, 5) is 12.1. The second-order valence-corrected chi connectivity index (χ2v) is 5.01. The summed E-state index contributed by atoms with van der Waals surface area (Å²) >= 11 is 7.75. The van der Waals surface area contributed by atoms with Crippen LogP contribution in [0.1, 0.15) is 15.9 Å². The average Bonchev–Trinajstić information content (AvgIpc) is 2.32. The van der Waals surface area contributed by atoms with E-state index in [1.54, 1.807) is 12.1 Å². The Balaban J connectivity index is 2.44. The van der Waals surface area contributed by atoms with Crippen molar-refractivity contribution >= 4 is 40.0 Å². The molecule has 0 spiro atoms. The Bertz CT molecular complexity index is 583. The predicted molar refractivity (Wildman–Crippen MR) is 74.0 cm³/mol. The molecule has 2 rings (SSSR count). The predicted octanol–water partition coefficient (Wildman–Crippen LogP) is 4.31. The minimum Gasteiger partial charge on any atom is -0.289 e. The first kappa shape index (κ1) is 12.5. The molecule has 0 fully saturated rings. The van der Waals surface area contributed by atoms with Crippen molar-refractivity contribution in [2.75, 3.05) is 0 Å². The quantitative estimate of drug-likeness (QED) is 0.576. The number of carbonyl (C=O) groups is 1. The zero-order chi connectivity index (χ0) is 12.4. The highest BCUT2D eigenvalue weighted by molar-refractivity contribution is 14.1. The number of hydrogen-bond donors (Lipinski definition) is 0. The number of rotatable bonds is 2. The van der Waals surface area contributed by atoms with Gasteiger partial charge in [0.15, 0.2) is 5.78 Å². The van der Waals surface area contributed by atoms with E-state index in [2.05, 4.69) is 22.6 Å². The topological polar surface area (TPSA) is 17.1 Å². The van der Waals surface area contributed by atoms with Gasteiger partial charge in [-0.05, 0) is 52.9 Å². The molecule has 0 aromatic heterocycles. The van der Waals surface area contributed by atoms with Crippen LogP contribution in [0.25, 0.3) is 0 Å². The SMILES string of the molecule is O=C(c1ccc(F)c(Cl)c1)c1ccccc1I. The monoisotopic (exact) mass is 360 g/mol. The van der Waals surface area contributed by atoms with E-state index in [0.29, 0.717) is 11.1 Å².